The number of anilines is 1. The van der Waals surface area contributed by atoms with Gasteiger partial charge in [0.25, 0.3) is 0 Å². The van der Waals surface area contributed by atoms with Crippen LogP contribution in [0.5, 0.6) is 0 Å². The lowest BCUT2D eigenvalue weighted by Crippen LogP contribution is -2.39. The third-order valence-electron chi connectivity index (χ3n) is 6.86. The molecule has 3 aromatic rings. The van der Waals surface area contributed by atoms with Crippen molar-refractivity contribution in [3.63, 3.8) is 0 Å². The molecule has 8 nitrogen and oxygen atoms in total. The normalized spacial score (nSPS) is 16.7. The number of amides is 1. The summed E-state index contributed by atoms with van der Waals surface area (Å²) in [6.45, 7) is 7.22. The zero-order valence-corrected chi connectivity index (χ0v) is 19.3. The van der Waals surface area contributed by atoms with Crippen molar-refractivity contribution in [2.75, 3.05) is 24.5 Å². The minimum absolute atomic E-state index is 0.0730. The van der Waals surface area contributed by atoms with Crippen LogP contribution >= 0.6 is 0 Å². The number of aromatic nitrogens is 4. The first-order valence-electron chi connectivity index (χ1n) is 11.8. The fourth-order valence-corrected chi connectivity index (χ4v) is 4.90. The lowest BCUT2D eigenvalue weighted by atomic mass is 9.94. The van der Waals surface area contributed by atoms with Crippen molar-refractivity contribution >= 4 is 11.7 Å². The largest absolute Gasteiger partial charge is 0.352 e. The molecule has 0 atom stereocenters. The third kappa shape index (κ3) is 4.60. The molecule has 1 fully saturated rings. The van der Waals surface area contributed by atoms with Crippen LogP contribution in [0, 0.1) is 13.8 Å². The van der Waals surface area contributed by atoms with Gasteiger partial charge in [0.05, 0.1) is 6.42 Å². The molecule has 1 amide bonds. The standard InChI is InChI=1S/C25H30N6O2/c1-17-21-9-6-12-31(16-19-7-4-3-5-8-19)25(21)27-24(26-17)20-10-13-30(14-11-20)23(32)15-22-18(2)28-33-29-22/h3-5,7-8,20H,6,9-16H2,1-2H3. The lowest BCUT2D eigenvalue weighted by molar-refractivity contribution is -0.131. The van der Waals surface area contributed by atoms with Gasteiger partial charge in [-0.2, -0.15) is 0 Å². The van der Waals surface area contributed by atoms with Gasteiger partial charge < -0.3 is 9.80 Å². The van der Waals surface area contributed by atoms with E-state index >= 15 is 0 Å². The number of likely N-dealkylation sites (tertiary alicyclic amines) is 1. The van der Waals surface area contributed by atoms with E-state index in [0.717, 1.165) is 56.1 Å². The summed E-state index contributed by atoms with van der Waals surface area (Å²) in [7, 11) is 0. The minimum Gasteiger partial charge on any atom is -0.352 e. The molecule has 33 heavy (non-hydrogen) atoms. The van der Waals surface area contributed by atoms with Gasteiger partial charge in [-0.25, -0.2) is 14.6 Å². The number of benzene rings is 1. The summed E-state index contributed by atoms with van der Waals surface area (Å²) in [5, 5.41) is 7.61. The Morgan fingerprint density at radius 2 is 1.82 bits per heavy atom. The minimum atomic E-state index is 0.0730. The van der Waals surface area contributed by atoms with Crippen molar-refractivity contribution in [2.24, 2.45) is 0 Å². The van der Waals surface area contributed by atoms with Crippen molar-refractivity contribution in [1.29, 1.82) is 0 Å². The van der Waals surface area contributed by atoms with Crippen molar-refractivity contribution < 1.29 is 9.42 Å². The molecular formula is C25H30N6O2. The Morgan fingerprint density at radius 1 is 1.03 bits per heavy atom. The van der Waals surface area contributed by atoms with Gasteiger partial charge in [-0.1, -0.05) is 40.6 Å². The van der Waals surface area contributed by atoms with Crippen LogP contribution in [0.1, 0.15) is 59.2 Å². The van der Waals surface area contributed by atoms with Crippen LogP contribution in [-0.2, 0) is 24.2 Å². The Hall–Kier alpha value is -3.29. The van der Waals surface area contributed by atoms with E-state index in [4.69, 9.17) is 14.6 Å². The number of nitrogens with zero attached hydrogens (tertiary/aromatic N) is 6. The van der Waals surface area contributed by atoms with E-state index in [1.165, 1.54) is 11.1 Å². The van der Waals surface area contributed by atoms with E-state index < -0.39 is 0 Å². The van der Waals surface area contributed by atoms with Crippen LogP contribution in [0.3, 0.4) is 0 Å². The highest BCUT2D eigenvalue weighted by Crippen LogP contribution is 2.33. The highest BCUT2D eigenvalue weighted by molar-refractivity contribution is 5.78. The molecule has 0 radical (unpaired) electrons. The maximum absolute atomic E-state index is 12.7. The molecule has 0 aliphatic carbocycles. The molecule has 4 heterocycles. The van der Waals surface area contributed by atoms with Gasteiger partial charge in [-0.3, -0.25) is 4.79 Å². The smallest absolute Gasteiger partial charge is 0.228 e. The van der Waals surface area contributed by atoms with E-state index in [1.54, 1.807) is 0 Å². The molecular weight excluding hydrogens is 416 g/mol. The van der Waals surface area contributed by atoms with Crippen LogP contribution in [0.4, 0.5) is 5.82 Å². The van der Waals surface area contributed by atoms with Crippen molar-refractivity contribution in [3.05, 3.63) is 64.4 Å². The predicted molar refractivity (Wildman–Crippen MR) is 124 cm³/mol. The number of hydrogen-bond donors (Lipinski definition) is 0. The lowest BCUT2D eigenvalue weighted by Gasteiger charge is -2.34. The molecule has 1 saturated heterocycles. The first-order valence-corrected chi connectivity index (χ1v) is 11.8. The van der Waals surface area contributed by atoms with Gasteiger partial charge in [-0.15, -0.1) is 0 Å². The zero-order chi connectivity index (χ0) is 22.8. The Balaban J connectivity index is 1.28. The summed E-state index contributed by atoms with van der Waals surface area (Å²) in [4.78, 5) is 27.0. The summed E-state index contributed by atoms with van der Waals surface area (Å²) < 4.78 is 4.72. The van der Waals surface area contributed by atoms with E-state index in [9.17, 15) is 4.79 Å². The zero-order valence-electron chi connectivity index (χ0n) is 19.3. The van der Waals surface area contributed by atoms with Gasteiger partial charge in [0, 0.05) is 43.4 Å². The number of aryl methyl sites for hydroxylation is 2. The molecule has 2 aliphatic rings. The molecule has 0 N–H and O–H groups in total. The van der Waals surface area contributed by atoms with Crippen LogP contribution < -0.4 is 4.90 Å². The highest BCUT2D eigenvalue weighted by Gasteiger charge is 2.29. The Morgan fingerprint density at radius 3 is 2.55 bits per heavy atom. The van der Waals surface area contributed by atoms with Crippen molar-refractivity contribution in [2.45, 2.75) is 58.4 Å². The summed E-state index contributed by atoms with van der Waals surface area (Å²) >= 11 is 0. The molecule has 172 valence electrons. The molecule has 8 heteroatoms. The molecule has 2 aromatic heterocycles. The number of carbonyl (C=O) groups excluding carboxylic acids is 1. The topological polar surface area (TPSA) is 88.2 Å². The summed E-state index contributed by atoms with van der Waals surface area (Å²) in [6, 6.07) is 10.6. The van der Waals surface area contributed by atoms with Crippen molar-refractivity contribution in [3.8, 4) is 0 Å². The fourth-order valence-electron chi connectivity index (χ4n) is 4.90. The molecule has 0 unspecified atom stereocenters. The Kier molecular flexibility index (Phi) is 6.07. The molecule has 0 spiro atoms. The van der Waals surface area contributed by atoms with Gasteiger partial charge in [0.2, 0.25) is 5.91 Å². The summed E-state index contributed by atoms with van der Waals surface area (Å²) in [5.41, 5.74) is 4.98. The Bertz CT molecular complexity index is 1120. The first-order chi connectivity index (χ1) is 16.1. The number of piperidine rings is 1. The Labute approximate surface area is 194 Å². The number of hydrogen-bond acceptors (Lipinski definition) is 7. The molecule has 1 aromatic carbocycles. The molecule has 0 bridgehead atoms. The first kappa shape index (κ1) is 21.6. The fraction of sp³-hybridized carbons (Fsp3) is 0.480. The van der Waals surface area contributed by atoms with Gasteiger partial charge in [-0.05, 0) is 45.1 Å². The van der Waals surface area contributed by atoms with Crippen LogP contribution in [0.15, 0.2) is 35.0 Å². The second-order valence-electron chi connectivity index (χ2n) is 9.11. The maximum Gasteiger partial charge on any atom is 0.228 e. The average Bonchev–Trinajstić information content (AvgIpc) is 3.24. The van der Waals surface area contributed by atoms with E-state index in [2.05, 4.69) is 52.5 Å². The van der Waals surface area contributed by atoms with Crippen LogP contribution in [-0.4, -0.2) is 50.7 Å². The monoisotopic (exact) mass is 446 g/mol. The third-order valence-corrected chi connectivity index (χ3v) is 6.86. The quantitative estimate of drug-likeness (QED) is 0.594. The van der Waals surface area contributed by atoms with E-state index in [1.807, 2.05) is 11.8 Å². The van der Waals surface area contributed by atoms with E-state index in [0.29, 0.717) is 24.5 Å². The van der Waals surface area contributed by atoms with Crippen molar-refractivity contribution in [1.82, 2.24) is 25.2 Å². The maximum atomic E-state index is 12.7. The highest BCUT2D eigenvalue weighted by atomic mass is 16.6. The number of carbonyl (C=O) groups is 1. The van der Waals surface area contributed by atoms with Crippen LogP contribution in [0.25, 0.3) is 0 Å². The van der Waals surface area contributed by atoms with Crippen LogP contribution in [0.2, 0.25) is 0 Å². The molecule has 5 rings (SSSR count). The van der Waals surface area contributed by atoms with Gasteiger partial charge in [0.1, 0.15) is 23.0 Å². The molecule has 0 saturated carbocycles. The van der Waals surface area contributed by atoms with Gasteiger partial charge >= 0.3 is 0 Å². The SMILES string of the molecule is Cc1nonc1CC(=O)N1CCC(c2nc(C)c3c(n2)N(Cc2ccccc2)CCC3)CC1. The number of fused-ring (bicyclic) bond motifs is 1. The van der Waals surface area contributed by atoms with Gasteiger partial charge in [0.15, 0.2) is 0 Å². The van der Waals surface area contributed by atoms with E-state index in [-0.39, 0.29) is 18.2 Å². The average molecular weight is 447 g/mol. The summed E-state index contributed by atoms with van der Waals surface area (Å²) in [6.07, 6.45) is 4.15. The second-order valence-corrected chi connectivity index (χ2v) is 9.11. The summed E-state index contributed by atoms with van der Waals surface area (Å²) in [5.74, 6) is 2.37. The molecule has 2 aliphatic heterocycles. The second kappa shape index (κ2) is 9.29. The number of rotatable bonds is 5. The predicted octanol–water partition coefficient (Wildman–Crippen LogP) is 3.38.